The normalized spacial score (nSPS) is 11.6. The molecule has 0 aliphatic heterocycles. The van der Waals surface area contributed by atoms with Crippen LogP contribution in [0, 0.1) is 0 Å². The monoisotopic (exact) mass is 387 g/mol. The number of hydrogen-bond acceptors (Lipinski definition) is 6. The number of carbonyl (C=O) groups is 4. The second-order valence-electron chi connectivity index (χ2n) is 5.44. The van der Waals surface area contributed by atoms with Crippen LogP contribution in [0.1, 0.15) is 46.0 Å². The molecule has 1 atom stereocenters. The first kappa shape index (κ1) is 27.5. The summed E-state index contributed by atoms with van der Waals surface area (Å²) in [5.74, 6) is -4.24. The Balaban J connectivity index is 0. The Bertz CT molecular complexity index is 543. The summed E-state index contributed by atoms with van der Waals surface area (Å²) in [4.78, 5) is 48.5. The molecule has 0 bridgehead atoms. The summed E-state index contributed by atoms with van der Waals surface area (Å²) in [6.45, 7) is 7.09. The van der Waals surface area contributed by atoms with Crippen LogP contribution in [0.3, 0.4) is 0 Å². The minimum atomic E-state index is -1.76. The van der Waals surface area contributed by atoms with Crippen LogP contribution in [0.5, 0.6) is 0 Å². The first-order valence-electron chi connectivity index (χ1n) is 8.56. The van der Waals surface area contributed by atoms with Gasteiger partial charge in [0.15, 0.2) is 0 Å². The second-order valence-corrected chi connectivity index (χ2v) is 5.44. The summed E-state index contributed by atoms with van der Waals surface area (Å²) in [7, 11) is 0. The summed E-state index contributed by atoms with van der Waals surface area (Å²) in [6.07, 6.45) is 8.71. The predicted octanol–water partition coefficient (Wildman–Crippen LogP) is -1.70. The zero-order chi connectivity index (χ0) is 19.9. The Kier molecular flexibility index (Phi) is 16.8. The molecule has 0 N–H and O–H groups in total. The van der Waals surface area contributed by atoms with Gasteiger partial charge in [0.05, 0.1) is 18.4 Å². The van der Waals surface area contributed by atoms with Crippen LogP contribution in [0.4, 0.5) is 0 Å². The summed E-state index contributed by atoms with van der Waals surface area (Å²) in [5.41, 5.74) is 0. The molecule has 0 radical (unpaired) electrons. The van der Waals surface area contributed by atoms with Crippen molar-refractivity contribution >= 4 is 23.8 Å². The standard InChI is InChI=1S/C19H27NO6.Na/c1-4-7-9-11-16(21)20(17(22)12-10-8-5-2)15(19(24)25)14-18(23)26-13-6-3;/h6,9-12,15H,3-5,7-8,13-14H2,1-2H3,(H,24,25);/q;+1/p-1/b11-9+,12-10+;. The molecule has 0 fully saturated rings. The van der Waals surface area contributed by atoms with Crippen LogP contribution >= 0.6 is 0 Å². The molecule has 0 saturated heterocycles. The predicted molar refractivity (Wildman–Crippen MR) is 94.5 cm³/mol. The van der Waals surface area contributed by atoms with Gasteiger partial charge in [-0.1, -0.05) is 51.5 Å². The van der Waals surface area contributed by atoms with E-state index in [1.807, 2.05) is 13.8 Å². The fourth-order valence-corrected chi connectivity index (χ4v) is 1.93. The Hall–Kier alpha value is -1.70. The Morgan fingerprint density at radius 3 is 1.89 bits per heavy atom. The molecule has 0 aliphatic carbocycles. The fourth-order valence-electron chi connectivity index (χ4n) is 1.93. The van der Waals surface area contributed by atoms with Gasteiger partial charge in [-0.25, -0.2) is 0 Å². The quantitative estimate of drug-likeness (QED) is 0.171. The van der Waals surface area contributed by atoms with Gasteiger partial charge < -0.3 is 14.6 Å². The van der Waals surface area contributed by atoms with Gasteiger partial charge in [-0.05, 0) is 25.0 Å². The third-order valence-electron chi connectivity index (χ3n) is 3.21. The van der Waals surface area contributed by atoms with E-state index < -0.39 is 36.2 Å². The summed E-state index contributed by atoms with van der Waals surface area (Å²) in [6, 6.07) is -1.76. The molecular weight excluding hydrogens is 361 g/mol. The van der Waals surface area contributed by atoms with Gasteiger partial charge in [-0.2, -0.15) is 0 Å². The number of aliphatic carboxylic acids is 1. The van der Waals surface area contributed by atoms with Crippen LogP contribution in [0.2, 0.25) is 0 Å². The molecule has 0 aliphatic rings. The number of carboxylic acid groups (broad SMARTS) is 1. The first-order chi connectivity index (χ1) is 12.4. The smallest absolute Gasteiger partial charge is 0.548 e. The molecule has 7 nitrogen and oxygen atoms in total. The number of unbranched alkanes of at least 4 members (excludes halogenated alkanes) is 2. The number of carbonyl (C=O) groups excluding carboxylic acids is 4. The van der Waals surface area contributed by atoms with Gasteiger partial charge >= 0.3 is 35.5 Å². The van der Waals surface area contributed by atoms with Crippen LogP contribution < -0.4 is 34.7 Å². The van der Waals surface area contributed by atoms with E-state index in [0.717, 1.165) is 25.0 Å². The third-order valence-corrected chi connectivity index (χ3v) is 3.21. The van der Waals surface area contributed by atoms with Crippen LogP contribution in [0.15, 0.2) is 37.0 Å². The van der Waals surface area contributed by atoms with Crippen molar-refractivity contribution in [1.29, 1.82) is 0 Å². The molecule has 1 unspecified atom stereocenters. The summed E-state index contributed by atoms with van der Waals surface area (Å²) >= 11 is 0. The van der Waals surface area contributed by atoms with E-state index in [0.29, 0.717) is 17.7 Å². The zero-order valence-corrected chi connectivity index (χ0v) is 18.3. The molecule has 0 aromatic carbocycles. The second kappa shape index (κ2) is 16.5. The van der Waals surface area contributed by atoms with Crippen molar-refractivity contribution < 1.29 is 58.6 Å². The van der Waals surface area contributed by atoms with Gasteiger partial charge in [0.1, 0.15) is 6.61 Å². The van der Waals surface area contributed by atoms with Gasteiger partial charge in [0, 0.05) is 0 Å². The average Bonchev–Trinajstić information content (AvgIpc) is 2.59. The molecule has 0 rings (SSSR count). The maximum Gasteiger partial charge on any atom is 1.00 e. The molecule has 0 saturated carbocycles. The maximum atomic E-state index is 12.4. The Morgan fingerprint density at radius 2 is 1.52 bits per heavy atom. The molecule has 144 valence electrons. The number of amides is 2. The third kappa shape index (κ3) is 11.6. The molecule has 0 aromatic heterocycles. The number of imide groups is 1. The van der Waals surface area contributed by atoms with Gasteiger partial charge in [-0.15, -0.1) is 0 Å². The van der Waals surface area contributed by atoms with E-state index in [1.54, 1.807) is 12.2 Å². The summed E-state index contributed by atoms with van der Waals surface area (Å²) < 4.78 is 4.75. The Morgan fingerprint density at radius 1 is 1.04 bits per heavy atom. The molecule has 27 heavy (non-hydrogen) atoms. The number of carboxylic acids is 1. The van der Waals surface area contributed by atoms with Gasteiger partial charge in [0.25, 0.3) is 11.8 Å². The van der Waals surface area contributed by atoms with Crippen molar-refractivity contribution in [2.24, 2.45) is 0 Å². The number of nitrogens with zero attached hydrogens (tertiary/aromatic N) is 1. The van der Waals surface area contributed by atoms with E-state index in [1.165, 1.54) is 6.08 Å². The molecule has 0 heterocycles. The zero-order valence-electron chi connectivity index (χ0n) is 16.3. The number of esters is 1. The van der Waals surface area contributed by atoms with E-state index in [4.69, 9.17) is 4.74 Å². The van der Waals surface area contributed by atoms with E-state index in [-0.39, 0.29) is 36.2 Å². The number of rotatable bonds is 12. The van der Waals surface area contributed by atoms with E-state index in [9.17, 15) is 24.3 Å². The molecular formula is C19H26NNaO6. The molecule has 2 amide bonds. The van der Waals surface area contributed by atoms with Crippen molar-refractivity contribution in [3.05, 3.63) is 37.0 Å². The van der Waals surface area contributed by atoms with Crippen LogP contribution in [0.25, 0.3) is 0 Å². The van der Waals surface area contributed by atoms with Gasteiger partial charge in [-0.3, -0.25) is 19.3 Å². The van der Waals surface area contributed by atoms with Crippen molar-refractivity contribution in [1.82, 2.24) is 4.90 Å². The topological polar surface area (TPSA) is 104 Å². The number of hydrogen-bond donors (Lipinski definition) is 0. The minimum Gasteiger partial charge on any atom is -0.548 e. The number of allylic oxidation sites excluding steroid dienone is 2. The van der Waals surface area contributed by atoms with Crippen molar-refractivity contribution in [3.8, 4) is 0 Å². The molecule has 8 heteroatoms. The molecule has 0 aromatic rings. The number of ether oxygens (including phenoxy) is 1. The SMILES string of the molecule is C=CCOC(=O)CC(C(=O)[O-])N(C(=O)/C=C/CCC)C(=O)/C=C/CCC.[Na+]. The first-order valence-corrected chi connectivity index (χ1v) is 8.56. The van der Waals surface area contributed by atoms with Crippen molar-refractivity contribution in [2.75, 3.05) is 6.61 Å². The summed E-state index contributed by atoms with van der Waals surface area (Å²) in [5, 5.41) is 11.5. The fraction of sp³-hybridized carbons (Fsp3) is 0.474. The molecule has 0 spiro atoms. The largest absolute Gasteiger partial charge is 1.00 e. The van der Waals surface area contributed by atoms with Crippen LogP contribution in [-0.4, -0.2) is 41.3 Å². The van der Waals surface area contributed by atoms with Gasteiger partial charge in [0.2, 0.25) is 0 Å². The van der Waals surface area contributed by atoms with Crippen LogP contribution in [-0.2, 0) is 23.9 Å². The van der Waals surface area contributed by atoms with E-state index in [2.05, 4.69) is 6.58 Å². The van der Waals surface area contributed by atoms with Crippen molar-refractivity contribution in [2.45, 2.75) is 52.0 Å². The minimum absolute atomic E-state index is 0. The average molecular weight is 387 g/mol. The maximum absolute atomic E-state index is 12.4. The van der Waals surface area contributed by atoms with E-state index >= 15 is 0 Å². The Labute approximate surface area is 182 Å². The van der Waals surface area contributed by atoms with Crippen molar-refractivity contribution in [3.63, 3.8) is 0 Å².